The number of benzene rings is 2. The molecule has 2 N–H and O–H groups in total. The molecular weight excluding hydrogens is 458 g/mol. The van der Waals surface area contributed by atoms with Gasteiger partial charge in [0.25, 0.3) is 5.91 Å². The highest BCUT2D eigenvalue weighted by molar-refractivity contribution is 7.92. The van der Waals surface area contributed by atoms with Crippen molar-refractivity contribution in [2.45, 2.75) is 75.7 Å². The van der Waals surface area contributed by atoms with Crippen molar-refractivity contribution in [2.75, 3.05) is 27.7 Å². The lowest BCUT2D eigenvalue weighted by Crippen LogP contribution is -2.40. The normalized spacial score (nSPS) is 22.4. The summed E-state index contributed by atoms with van der Waals surface area (Å²) in [5.41, 5.74) is 4.76. The van der Waals surface area contributed by atoms with Crippen LogP contribution in [0.5, 0.6) is 0 Å². The van der Waals surface area contributed by atoms with Gasteiger partial charge in [0.2, 0.25) is 10.0 Å². The third kappa shape index (κ3) is 4.44. The minimum Gasteiger partial charge on any atom is -0.382 e. The number of nitrogens with one attached hydrogen (secondary N) is 2. The maximum atomic E-state index is 13.9. The van der Waals surface area contributed by atoms with Gasteiger partial charge in [-0.15, -0.1) is 0 Å². The highest BCUT2D eigenvalue weighted by Gasteiger charge is 2.53. The Kier molecular flexibility index (Phi) is 5.40. The van der Waals surface area contributed by atoms with E-state index in [-0.39, 0.29) is 11.3 Å². The standard InChI is InChI=1S/C28H35N3O3S/c1-35(33,34)30-23-9-10-25-24(18-23)28(15-13-27(11-12-27)14-16-28)19-31(25)26(32)20-5-4-8-22(17-20)29-21-6-2-3-7-21/h4-5,8-10,17-18,21,29-30H,2-3,6-7,11-16,19H2,1H3. The highest BCUT2D eigenvalue weighted by atomic mass is 32.2. The number of hydrogen-bond donors (Lipinski definition) is 2. The monoisotopic (exact) mass is 493 g/mol. The molecule has 2 spiro atoms. The number of rotatable bonds is 5. The molecule has 3 aliphatic carbocycles. The maximum Gasteiger partial charge on any atom is 0.258 e. The fraction of sp³-hybridized carbons (Fsp3) is 0.536. The maximum absolute atomic E-state index is 13.9. The lowest BCUT2D eigenvalue weighted by molar-refractivity contribution is 0.0980. The Morgan fingerprint density at radius 2 is 1.66 bits per heavy atom. The molecule has 7 heteroatoms. The first-order chi connectivity index (χ1) is 16.7. The number of fused-ring (bicyclic) bond motifs is 2. The molecule has 2 aromatic rings. The fourth-order valence-corrected chi connectivity index (χ4v) is 7.25. The molecule has 0 aromatic heterocycles. The van der Waals surface area contributed by atoms with Crippen LogP contribution in [0.4, 0.5) is 17.1 Å². The van der Waals surface area contributed by atoms with Gasteiger partial charge in [-0.2, -0.15) is 0 Å². The second-order valence-corrected chi connectivity index (χ2v) is 13.2. The van der Waals surface area contributed by atoms with Crippen LogP contribution < -0.4 is 14.9 Å². The molecule has 0 atom stereocenters. The van der Waals surface area contributed by atoms with Crippen molar-refractivity contribution in [2.24, 2.45) is 5.41 Å². The summed E-state index contributed by atoms with van der Waals surface area (Å²) in [6, 6.07) is 14.1. The molecule has 6 rings (SSSR count). The van der Waals surface area contributed by atoms with E-state index in [0.717, 1.165) is 29.8 Å². The molecule has 0 saturated heterocycles. The van der Waals surface area contributed by atoms with E-state index in [9.17, 15) is 13.2 Å². The van der Waals surface area contributed by atoms with E-state index >= 15 is 0 Å². The van der Waals surface area contributed by atoms with Crippen LogP contribution in [-0.2, 0) is 15.4 Å². The van der Waals surface area contributed by atoms with Gasteiger partial charge in [0, 0.05) is 40.6 Å². The lowest BCUT2D eigenvalue weighted by Gasteiger charge is -2.38. The average molecular weight is 494 g/mol. The number of carbonyl (C=O) groups excluding carboxylic acids is 1. The van der Waals surface area contributed by atoms with Crippen LogP contribution in [0.15, 0.2) is 42.5 Å². The number of carbonyl (C=O) groups is 1. The number of amides is 1. The van der Waals surface area contributed by atoms with Gasteiger partial charge in [0.15, 0.2) is 0 Å². The van der Waals surface area contributed by atoms with Gasteiger partial charge in [-0.05, 0) is 98.7 Å². The SMILES string of the molecule is CS(=O)(=O)Nc1ccc2c(c1)C1(CCC3(CC3)CC1)CN2C(=O)c1cccc(NC2CCCC2)c1. The summed E-state index contributed by atoms with van der Waals surface area (Å²) >= 11 is 0. The smallest absolute Gasteiger partial charge is 0.258 e. The zero-order chi connectivity index (χ0) is 24.3. The topological polar surface area (TPSA) is 78.5 Å². The summed E-state index contributed by atoms with van der Waals surface area (Å²) in [7, 11) is -3.37. The van der Waals surface area contributed by atoms with Gasteiger partial charge in [0.1, 0.15) is 0 Å². The highest BCUT2D eigenvalue weighted by Crippen LogP contribution is 2.62. The predicted octanol–water partition coefficient (Wildman–Crippen LogP) is 5.67. The first-order valence-corrected chi connectivity index (χ1v) is 14.9. The third-order valence-corrected chi connectivity index (χ3v) is 9.53. The Labute approximate surface area is 208 Å². The summed E-state index contributed by atoms with van der Waals surface area (Å²) in [5.74, 6) is 0.0220. The Hall–Kier alpha value is -2.54. The van der Waals surface area contributed by atoms with Crippen LogP contribution in [0.25, 0.3) is 0 Å². The van der Waals surface area contributed by atoms with Crippen molar-refractivity contribution in [1.82, 2.24) is 0 Å². The van der Waals surface area contributed by atoms with Crippen LogP contribution in [0.2, 0.25) is 0 Å². The van der Waals surface area contributed by atoms with E-state index in [1.165, 1.54) is 57.6 Å². The second-order valence-electron chi connectivity index (χ2n) is 11.5. The summed E-state index contributed by atoms with van der Waals surface area (Å²) in [4.78, 5) is 15.8. The van der Waals surface area contributed by atoms with Gasteiger partial charge < -0.3 is 10.2 Å². The minimum atomic E-state index is -3.37. The van der Waals surface area contributed by atoms with Crippen molar-refractivity contribution in [1.29, 1.82) is 0 Å². The molecule has 35 heavy (non-hydrogen) atoms. The van der Waals surface area contributed by atoms with Crippen molar-refractivity contribution in [3.63, 3.8) is 0 Å². The van der Waals surface area contributed by atoms with Gasteiger partial charge in [0.05, 0.1) is 6.26 Å². The fourth-order valence-electron chi connectivity index (χ4n) is 6.69. The zero-order valence-corrected chi connectivity index (χ0v) is 21.3. The van der Waals surface area contributed by atoms with Crippen LogP contribution in [0, 0.1) is 5.41 Å². The molecular formula is C28H35N3O3S. The molecule has 3 saturated carbocycles. The predicted molar refractivity (Wildman–Crippen MR) is 141 cm³/mol. The van der Waals surface area contributed by atoms with Gasteiger partial charge in [-0.25, -0.2) is 8.42 Å². The zero-order valence-electron chi connectivity index (χ0n) is 20.5. The first kappa shape index (κ1) is 22.9. The van der Waals surface area contributed by atoms with Crippen LogP contribution in [0.1, 0.15) is 80.1 Å². The largest absolute Gasteiger partial charge is 0.382 e. The van der Waals surface area contributed by atoms with Crippen molar-refractivity contribution >= 4 is 33.0 Å². The molecule has 0 unspecified atom stereocenters. The van der Waals surface area contributed by atoms with Crippen molar-refractivity contribution < 1.29 is 13.2 Å². The van der Waals surface area contributed by atoms with Crippen molar-refractivity contribution in [3.8, 4) is 0 Å². The lowest BCUT2D eigenvalue weighted by atomic mass is 9.66. The quantitative estimate of drug-likeness (QED) is 0.563. The van der Waals surface area contributed by atoms with Crippen molar-refractivity contribution in [3.05, 3.63) is 53.6 Å². The van der Waals surface area contributed by atoms with Gasteiger partial charge in [-0.3, -0.25) is 9.52 Å². The molecule has 1 amide bonds. The summed E-state index contributed by atoms with van der Waals surface area (Å²) in [5, 5.41) is 3.61. The summed E-state index contributed by atoms with van der Waals surface area (Å²) in [6.07, 6.45) is 13.2. The van der Waals surface area contributed by atoms with E-state index in [0.29, 0.717) is 29.3 Å². The Morgan fingerprint density at radius 1 is 0.943 bits per heavy atom. The number of hydrogen-bond acceptors (Lipinski definition) is 4. The Balaban J connectivity index is 1.31. The molecule has 1 aliphatic heterocycles. The van der Waals surface area contributed by atoms with Crippen LogP contribution >= 0.6 is 0 Å². The van der Waals surface area contributed by atoms with Crippen LogP contribution in [0.3, 0.4) is 0 Å². The van der Waals surface area contributed by atoms with E-state index in [1.807, 2.05) is 41.3 Å². The third-order valence-electron chi connectivity index (χ3n) is 8.93. The Morgan fingerprint density at radius 3 is 2.34 bits per heavy atom. The molecule has 3 fully saturated rings. The molecule has 186 valence electrons. The second kappa shape index (κ2) is 8.26. The van der Waals surface area contributed by atoms with Crippen LogP contribution in [-0.4, -0.2) is 33.2 Å². The summed E-state index contributed by atoms with van der Waals surface area (Å²) < 4.78 is 26.4. The number of anilines is 3. The molecule has 4 aliphatic rings. The number of sulfonamides is 1. The molecule has 0 radical (unpaired) electrons. The van der Waals surface area contributed by atoms with Gasteiger partial charge >= 0.3 is 0 Å². The molecule has 0 bridgehead atoms. The van der Waals surface area contributed by atoms with Gasteiger partial charge in [-0.1, -0.05) is 18.9 Å². The molecule has 6 nitrogen and oxygen atoms in total. The van der Waals surface area contributed by atoms with E-state index < -0.39 is 10.0 Å². The number of nitrogens with zero attached hydrogens (tertiary/aromatic N) is 1. The Bertz CT molecular complexity index is 1250. The van der Waals surface area contributed by atoms with E-state index in [2.05, 4.69) is 10.0 Å². The minimum absolute atomic E-state index is 0.0220. The first-order valence-electron chi connectivity index (χ1n) is 13.1. The van der Waals surface area contributed by atoms with E-state index in [4.69, 9.17) is 0 Å². The summed E-state index contributed by atoms with van der Waals surface area (Å²) in [6.45, 7) is 0.667. The molecule has 2 aromatic carbocycles. The van der Waals surface area contributed by atoms with E-state index in [1.54, 1.807) is 6.07 Å². The molecule has 1 heterocycles. The average Bonchev–Trinajstić information content (AvgIpc) is 3.25.